The van der Waals surface area contributed by atoms with Crippen molar-refractivity contribution < 1.29 is 9.47 Å². The van der Waals surface area contributed by atoms with Gasteiger partial charge in [-0.2, -0.15) is 0 Å². The summed E-state index contributed by atoms with van der Waals surface area (Å²) < 4.78 is 11.5. The maximum absolute atomic E-state index is 6.02. The largest absolute Gasteiger partial charge is 0.494 e. The number of unbranched alkanes of at least 4 members (excludes halogenated alkanes) is 4. The van der Waals surface area contributed by atoms with E-state index in [1.54, 1.807) is 0 Å². The van der Waals surface area contributed by atoms with Crippen LogP contribution in [0.25, 0.3) is 11.1 Å². The molecule has 0 aliphatic heterocycles. The van der Waals surface area contributed by atoms with Gasteiger partial charge in [-0.1, -0.05) is 49.6 Å². The maximum atomic E-state index is 6.02. The highest BCUT2D eigenvalue weighted by Gasteiger charge is 2.06. The van der Waals surface area contributed by atoms with Gasteiger partial charge >= 0.3 is 0 Å². The van der Waals surface area contributed by atoms with Gasteiger partial charge in [-0.25, -0.2) is 0 Å². The number of benzene rings is 2. The Morgan fingerprint density at radius 3 is 2.25 bits per heavy atom. The molecule has 0 radical (unpaired) electrons. The number of ether oxygens (including phenoxy) is 2. The number of rotatable bonds is 11. The van der Waals surface area contributed by atoms with Crippen LogP contribution in [0.15, 0.2) is 48.5 Å². The fourth-order valence-electron chi connectivity index (χ4n) is 2.64. The van der Waals surface area contributed by atoms with Crippen LogP contribution < -0.4 is 9.47 Å². The fraction of sp³-hybridized carbons (Fsp3) is 0.429. The topological polar surface area (TPSA) is 18.5 Å². The van der Waals surface area contributed by atoms with E-state index in [0.29, 0.717) is 6.61 Å². The lowest BCUT2D eigenvalue weighted by Gasteiger charge is -2.12. The SMILES string of the molecule is CCOc1ccc(-c2ccccc2OCCCCCCCCl)cc1. The predicted octanol–water partition coefficient (Wildman–Crippen LogP) is 6.32. The molecule has 0 saturated heterocycles. The van der Waals surface area contributed by atoms with E-state index in [4.69, 9.17) is 21.1 Å². The van der Waals surface area contributed by atoms with E-state index in [2.05, 4.69) is 18.2 Å². The zero-order chi connectivity index (χ0) is 17.0. The molecule has 0 unspecified atom stereocenters. The van der Waals surface area contributed by atoms with Crippen molar-refractivity contribution in [3.63, 3.8) is 0 Å². The van der Waals surface area contributed by atoms with Gasteiger partial charge in [-0.3, -0.25) is 0 Å². The number of hydrogen-bond acceptors (Lipinski definition) is 2. The van der Waals surface area contributed by atoms with Gasteiger partial charge in [0.15, 0.2) is 0 Å². The molecule has 3 heteroatoms. The van der Waals surface area contributed by atoms with Crippen LogP contribution in [0.1, 0.15) is 39.0 Å². The Morgan fingerprint density at radius 2 is 1.50 bits per heavy atom. The minimum atomic E-state index is 0.684. The molecule has 2 nitrogen and oxygen atoms in total. The molecule has 24 heavy (non-hydrogen) atoms. The molecular formula is C21H27ClO2. The number of para-hydroxylation sites is 1. The zero-order valence-corrected chi connectivity index (χ0v) is 15.2. The molecule has 0 aliphatic carbocycles. The molecule has 0 fully saturated rings. The number of halogens is 1. The highest BCUT2D eigenvalue weighted by atomic mass is 35.5. The molecule has 2 aromatic rings. The normalized spacial score (nSPS) is 10.6. The minimum absolute atomic E-state index is 0.684. The monoisotopic (exact) mass is 346 g/mol. The van der Waals surface area contributed by atoms with Crippen LogP contribution in [0.3, 0.4) is 0 Å². The summed E-state index contributed by atoms with van der Waals surface area (Å²) in [5.41, 5.74) is 2.28. The van der Waals surface area contributed by atoms with Gasteiger partial charge in [0, 0.05) is 11.4 Å². The predicted molar refractivity (Wildman–Crippen MR) is 102 cm³/mol. The maximum Gasteiger partial charge on any atom is 0.127 e. The third-order valence-electron chi connectivity index (χ3n) is 3.90. The van der Waals surface area contributed by atoms with Crippen molar-refractivity contribution in [1.29, 1.82) is 0 Å². The summed E-state index contributed by atoms with van der Waals surface area (Å²) in [7, 11) is 0. The average molecular weight is 347 g/mol. The lowest BCUT2D eigenvalue weighted by Crippen LogP contribution is -1.99. The van der Waals surface area contributed by atoms with Gasteiger partial charge in [0.1, 0.15) is 11.5 Å². The first-order chi connectivity index (χ1) is 11.8. The van der Waals surface area contributed by atoms with Gasteiger partial charge in [0.25, 0.3) is 0 Å². The van der Waals surface area contributed by atoms with Crippen LogP contribution in [0.4, 0.5) is 0 Å². The van der Waals surface area contributed by atoms with Crippen LogP contribution in [-0.4, -0.2) is 19.1 Å². The summed E-state index contributed by atoms with van der Waals surface area (Å²) in [5.74, 6) is 2.62. The molecule has 0 heterocycles. The Hall–Kier alpha value is -1.67. The third kappa shape index (κ3) is 6.09. The molecule has 130 valence electrons. The van der Waals surface area contributed by atoms with Crippen LogP contribution in [0.2, 0.25) is 0 Å². The van der Waals surface area contributed by atoms with Gasteiger partial charge in [-0.05, 0) is 43.5 Å². The van der Waals surface area contributed by atoms with Gasteiger partial charge in [0.2, 0.25) is 0 Å². The Kier molecular flexibility index (Phi) is 8.54. The summed E-state index contributed by atoms with van der Waals surface area (Å²) >= 11 is 5.69. The van der Waals surface area contributed by atoms with Crippen LogP contribution >= 0.6 is 11.6 Å². The summed E-state index contributed by atoms with van der Waals surface area (Å²) in [6.07, 6.45) is 5.84. The second-order valence-electron chi connectivity index (χ2n) is 5.76. The first-order valence-corrected chi connectivity index (χ1v) is 9.39. The Balaban J connectivity index is 1.90. The number of alkyl halides is 1. The number of hydrogen-bond donors (Lipinski definition) is 0. The molecular weight excluding hydrogens is 320 g/mol. The van der Waals surface area contributed by atoms with E-state index in [-0.39, 0.29) is 0 Å². The van der Waals surface area contributed by atoms with E-state index < -0.39 is 0 Å². The van der Waals surface area contributed by atoms with Crippen molar-refractivity contribution >= 4 is 11.6 Å². The average Bonchev–Trinajstić information content (AvgIpc) is 2.62. The fourth-order valence-corrected chi connectivity index (χ4v) is 2.83. The van der Waals surface area contributed by atoms with Crippen molar-refractivity contribution in [1.82, 2.24) is 0 Å². The molecule has 0 aliphatic rings. The quantitative estimate of drug-likeness (QED) is 0.350. The van der Waals surface area contributed by atoms with Gasteiger partial charge in [0.05, 0.1) is 13.2 Å². The second-order valence-corrected chi connectivity index (χ2v) is 6.14. The van der Waals surface area contributed by atoms with Crippen molar-refractivity contribution in [3.05, 3.63) is 48.5 Å². The molecule has 0 spiro atoms. The highest BCUT2D eigenvalue weighted by Crippen LogP contribution is 2.31. The van der Waals surface area contributed by atoms with E-state index in [1.165, 1.54) is 19.3 Å². The Morgan fingerprint density at radius 1 is 0.792 bits per heavy atom. The van der Waals surface area contributed by atoms with E-state index in [9.17, 15) is 0 Å². The highest BCUT2D eigenvalue weighted by molar-refractivity contribution is 6.17. The van der Waals surface area contributed by atoms with Gasteiger partial charge in [-0.15, -0.1) is 11.6 Å². The summed E-state index contributed by atoms with van der Waals surface area (Å²) in [6.45, 7) is 3.44. The smallest absolute Gasteiger partial charge is 0.127 e. The Bertz CT molecular complexity index is 581. The minimum Gasteiger partial charge on any atom is -0.494 e. The van der Waals surface area contributed by atoms with Crippen LogP contribution in [-0.2, 0) is 0 Å². The van der Waals surface area contributed by atoms with Crippen molar-refractivity contribution in [2.45, 2.75) is 39.0 Å². The Labute approximate surface area is 150 Å². The molecule has 0 saturated carbocycles. The van der Waals surface area contributed by atoms with Crippen molar-refractivity contribution in [2.75, 3.05) is 19.1 Å². The lowest BCUT2D eigenvalue weighted by atomic mass is 10.0. The van der Waals surface area contributed by atoms with E-state index in [0.717, 1.165) is 48.0 Å². The molecule has 0 aromatic heterocycles. The first-order valence-electron chi connectivity index (χ1n) is 8.86. The lowest BCUT2D eigenvalue weighted by molar-refractivity contribution is 0.306. The van der Waals surface area contributed by atoms with Crippen molar-refractivity contribution in [3.8, 4) is 22.6 Å². The van der Waals surface area contributed by atoms with E-state index in [1.807, 2.05) is 37.3 Å². The van der Waals surface area contributed by atoms with Crippen molar-refractivity contribution in [2.24, 2.45) is 0 Å². The molecule has 2 aromatic carbocycles. The van der Waals surface area contributed by atoms with Crippen LogP contribution in [0, 0.1) is 0 Å². The molecule has 0 amide bonds. The third-order valence-corrected chi connectivity index (χ3v) is 4.17. The molecule has 0 atom stereocenters. The molecule has 0 N–H and O–H groups in total. The summed E-state index contributed by atoms with van der Waals surface area (Å²) in [5, 5.41) is 0. The molecule has 2 rings (SSSR count). The van der Waals surface area contributed by atoms with Crippen LogP contribution in [0.5, 0.6) is 11.5 Å². The zero-order valence-electron chi connectivity index (χ0n) is 14.5. The van der Waals surface area contributed by atoms with Gasteiger partial charge < -0.3 is 9.47 Å². The summed E-state index contributed by atoms with van der Waals surface area (Å²) in [4.78, 5) is 0. The second kappa shape index (κ2) is 11.0. The standard InChI is InChI=1S/C21H27ClO2/c1-2-23-19-14-12-18(13-15-19)20-10-6-7-11-21(20)24-17-9-5-3-4-8-16-22/h6-7,10-15H,2-5,8-9,16-17H2,1H3. The first kappa shape index (κ1) is 18.7. The summed E-state index contributed by atoms with van der Waals surface area (Å²) in [6, 6.07) is 16.4. The van der Waals surface area contributed by atoms with E-state index >= 15 is 0 Å². The molecule has 0 bridgehead atoms.